The van der Waals surface area contributed by atoms with Crippen LogP contribution in [0.4, 0.5) is 8.78 Å². The highest BCUT2D eigenvalue weighted by Crippen LogP contribution is 2.37. The van der Waals surface area contributed by atoms with Crippen LogP contribution in [0.1, 0.15) is 11.1 Å². The average Bonchev–Trinajstić information content (AvgIpc) is 2.89. The predicted molar refractivity (Wildman–Crippen MR) is 86.8 cm³/mol. The van der Waals surface area contributed by atoms with Gasteiger partial charge in [0.2, 0.25) is 0 Å². The molecule has 0 N–H and O–H groups in total. The second kappa shape index (κ2) is 5.74. The van der Waals surface area contributed by atoms with Gasteiger partial charge in [-0.3, -0.25) is 0 Å². The maximum Gasteiger partial charge on any atom is 0.175 e. The van der Waals surface area contributed by atoms with Gasteiger partial charge in [0.15, 0.2) is 9.84 Å². The van der Waals surface area contributed by atoms with Crippen molar-refractivity contribution in [1.82, 2.24) is 0 Å². The molecule has 3 rings (SSSR count). The van der Waals surface area contributed by atoms with Crippen molar-refractivity contribution >= 4 is 21.0 Å². The van der Waals surface area contributed by atoms with Crippen LogP contribution in [-0.2, 0) is 9.84 Å². The summed E-state index contributed by atoms with van der Waals surface area (Å²) in [5, 5.41) is 0. The molecule has 1 atom stereocenters. The molecule has 0 bridgehead atoms. The van der Waals surface area contributed by atoms with Crippen molar-refractivity contribution in [2.24, 2.45) is 0 Å². The molecule has 0 amide bonds. The molecule has 5 heteroatoms. The highest BCUT2D eigenvalue weighted by Gasteiger charge is 2.20. The smallest absolute Gasteiger partial charge is 0.175 e. The van der Waals surface area contributed by atoms with E-state index < -0.39 is 16.0 Å². The number of halogens is 2. The van der Waals surface area contributed by atoms with E-state index in [0.29, 0.717) is 22.3 Å². The second-order valence-corrected chi connectivity index (χ2v) is 7.42. The van der Waals surface area contributed by atoms with Crippen molar-refractivity contribution in [3.63, 3.8) is 0 Å². The van der Waals surface area contributed by atoms with Crippen molar-refractivity contribution < 1.29 is 17.2 Å². The Morgan fingerprint density at radius 2 is 1.26 bits per heavy atom. The maximum atomic E-state index is 13.8. The van der Waals surface area contributed by atoms with Gasteiger partial charge < -0.3 is 0 Å². The maximum absolute atomic E-state index is 13.8. The Kier molecular flexibility index (Phi) is 3.90. The molecule has 0 saturated heterocycles. The van der Waals surface area contributed by atoms with E-state index in [-0.39, 0.29) is 10.7 Å². The Balaban J connectivity index is 2.00. The fraction of sp³-hybridized carbons (Fsp3) is 0.111. The number of benzene rings is 2. The lowest BCUT2D eigenvalue weighted by atomic mass is 9.95. The number of alkyl halides is 1. The molecule has 118 valence electrons. The van der Waals surface area contributed by atoms with Crippen molar-refractivity contribution in [3.05, 3.63) is 77.6 Å². The van der Waals surface area contributed by atoms with Crippen molar-refractivity contribution in [2.45, 2.75) is 11.1 Å². The largest absolute Gasteiger partial charge is 0.238 e. The van der Waals surface area contributed by atoms with E-state index in [0.717, 1.165) is 6.26 Å². The molecule has 0 heterocycles. The van der Waals surface area contributed by atoms with Crippen molar-refractivity contribution in [2.75, 3.05) is 6.26 Å². The van der Waals surface area contributed by atoms with Gasteiger partial charge in [-0.2, -0.15) is 0 Å². The first kappa shape index (κ1) is 15.6. The van der Waals surface area contributed by atoms with Gasteiger partial charge in [-0.25, -0.2) is 17.2 Å². The number of rotatable bonds is 3. The number of allylic oxidation sites excluding steroid dienone is 4. The summed E-state index contributed by atoms with van der Waals surface area (Å²) in [6.07, 6.45) is 2.85. The SMILES string of the molecule is CS(=O)(=O)c1ccc(C2=CC(F)C=C2c2ccc(F)cc2)cc1. The Hall–Kier alpha value is -2.27. The van der Waals surface area contributed by atoms with Crippen LogP contribution in [0, 0.1) is 5.82 Å². The van der Waals surface area contributed by atoms with Crippen LogP contribution in [0.15, 0.2) is 65.6 Å². The van der Waals surface area contributed by atoms with E-state index in [9.17, 15) is 17.2 Å². The Morgan fingerprint density at radius 1 is 0.826 bits per heavy atom. The van der Waals surface area contributed by atoms with Crippen LogP contribution in [0.2, 0.25) is 0 Å². The molecule has 2 aromatic carbocycles. The first-order valence-electron chi connectivity index (χ1n) is 6.99. The minimum atomic E-state index is -3.27. The summed E-state index contributed by atoms with van der Waals surface area (Å²) in [4.78, 5) is 0.212. The summed E-state index contributed by atoms with van der Waals surface area (Å²) in [5.74, 6) is -0.354. The minimum absolute atomic E-state index is 0.212. The van der Waals surface area contributed by atoms with E-state index in [1.54, 1.807) is 24.3 Å². The summed E-state index contributed by atoms with van der Waals surface area (Å²) in [6, 6.07) is 12.1. The zero-order valence-corrected chi connectivity index (χ0v) is 13.1. The van der Waals surface area contributed by atoms with Crippen LogP contribution in [0.5, 0.6) is 0 Å². The first-order chi connectivity index (χ1) is 10.8. The van der Waals surface area contributed by atoms with E-state index >= 15 is 0 Å². The molecule has 1 unspecified atom stereocenters. The summed E-state index contributed by atoms with van der Waals surface area (Å²) in [6.45, 7) is 0. The van der Waals surface area contributed by atoms with Gasteiger partial charge in [0.25, 0.3) is 0 Å². The van der Waals surface area contributed by atoms with Crippen LogP contribution < -0.4 is 0 Å². The van der Waals surface area contributed by atoms with Gasteiger partial charge in [0, 0.05) is 6.26 Å². The summed E-state index contributed by atoms with van der Waals surface area (Å²) in [5.41, 5.74) is 2.77. The van der Waals surface area contributed by atoms with Gasteiger partial charge in [-0.05, 0) is 58.7 Å². The molecule has 0 fully saturated rings. The van der Waals surface area contributed by atoms with Gasteiger partial charge in [-0.15, -0.1) is 0 Å². The topological polar surface area (TPSA) is 34.1 Å². The third-order valence-corrected chi connectivity index (χ3v) is 4.82. The molecular formula is C18H14F2O2S. The molecule has 0 aromatic heterocycles. The summed E-state index contributed by atoms with van der Waals surface area (Å²) >= 11 is 0. The molecule has 0 radical (unpaired) electrons. The lowest BCUT2D eigenvalue weighted by Gasteiger charge is -2.10. The highest BCUT2D eigenvalue weighted by molar-refractivity contribution is 7.90. The van der Waals surface area contributed by atoms with E-state index in [2.05, 4.69) is 0 Å². The third kappa shape index (κ3) is 3.24. The molecule has 0 saturated carbocycles. The standard InChI is InChI=1S/C18H14F2O2S/c1-23(21,22)16-8-4-13(5-9-16)18-11-15(20)10-17(18)12-2-6-14(19)7-3-12/h2-11,15H,1H3. The van der Waals surface area contributed by atoms with E-state index in [1.165, 1.54) is 36.4 Å². The lowest BCUT2D eigenvalue weighted by Crippen LogP contribution is -1.97. The fourth-order valence-corrected chi connectivity index (χ4v) is 3.19. The van der Waals surface area contributed by atoms with E-state index in [1.807, 2.05) is 0 Å². The number of sulfone groups is 1. The molecule has 0 spiro atoms. The fourth-order valence-electron chi connectivity index (χ4n) is 2.56. The summed E-state index contributed by atoms with van der Waals surface area (Å²) < 4.78 is 49.9. The molecule has 2 nitrogen and oxygen atoms in total. The van der Waals surface area contributed by atoms with Gasteiger partial charge in [0.05, 0.1) is 4.90 Å². The molecule has 2 aromatic rings. The monoisotopic (exact) mass is 332 g/mol. The first-order valence-corrected chi connectivity index (χ1v) is 8.88. The molecule has 0 aliphatic heterocycles. The van der Waals surface area contributed by atoms with Gasteiger partial charge in [0.1, 0.15) is 12.0 Å². The lowest BCUT2D eigenvalue weighted by molar-refractivity contribution is 0.474. The van der Waals surface area contributed by atoms with Crippen molar-refractivity contribution in [1.29, 1.82) is 0 Å². The van der Waals surface area contributed by atoms with Gasteiger partial charge >= 0.3 is 0 Å². The predicted octanol–water partition coefficient (Wildman–Crippen LogP) is 4.05. The molecule has 23 heavy (non-hydrogen) atoms. The number of hydrogen-bond donors (Lipinski definition) is 0. The molecule has 1 aliphatic carbocycles. The van der Waals surface area contributed by atoms with Crippen LogP contribution in [0.3, 0.4) is 0 Å². The van der Waals surface area contributed by atoms with Gasteiger partial charge in [-0.1, -0.05) is 24.3 Å². The average molecular weight is 332 g/mol. The molecule has 1 aliphatic rings. The quantitative estimate of drug-likeness (QED) is 0.850. The minimum Gasteiger partial charge on any atom is -0.238 e. The highest BCUT2D eigenvalue weighted by atomic mass is 32.2. The zero-order chi connectivity index (χ0) is 16.6. The molecular weight excluding hydrogens is 318 g/mol. The normalized spacial score (nSPS) is 17.8. The van der Waals surface area contributed by atoms with E-state index in [4.69, 9.17) is 0 Å². The van der Waals surface area contributed by atoms with Crippen LogP contribution >= 0.6 is 0 Å². The van der Waals surface area contributed by atoms with Crippen molar-refractivity contribution in [3.8, 4) is 0 Å². The second-order valence-electron chi connectivity index (χ2n) is 5.41. The zero-order valence-electron chi connectivity index (χ0n) is 12.3. The third-order valence-electron chi connectivity index (χ3n) is 3.69. The Bertz CT molecular complexity index is 893. The van der Waals surface area contributed by atoms with Crippen LogP contribution in [0.25, 0.3) is 11.1 Å². The van der Waals surface area contributed by atoms with Crippen LogP contribution in [-0.4, -0.2) is 20.8 Å². The summed E-state index contributed by atoms with van der Waals surface area (Å²) in [7, 11) is -3.27. The Labute approximate surface area is 133 Å². The Morgan fingerprint density at radius 3 is 1.70 bits per heavy atom. The number of hydrogen-bond acceptors (Lipinski definition) is 2.